The van der Waals surface area contributed by atoms with Gasteiger partial charge in [0.1, 0.15) is 5.03 Å². The Morgan fingerprint density at radius 2 is 2.24 bits per heavy atom. The van der Waals surface area contributed by atoms with E-state index in [0.29, 0.717) is 6.04 Å². The Morgan fingerprint density at radius 1 is 1.41 bits per heavy atom. The van der Waals surface area contributed by atoms with Crippen LogP contribution in [0.2, 0.25) is 0 Å². The number of hydrogen-bond donors (Lipinski definition) is 1. The van der Waals surface area contributed by atoms with Crippen molar-refractivity contribution in [3.05, 3.63) is 18.1 Å². The maximum Gasteiger partial charge on any atom is 0.119 e. The summed E-state index contributed by atoms with van der Waals surface area (Å²) in [4.78, 5) is 11.3. The van der Waals surface area contributed by atoms with E-state index < -0.39 is 0 Å². The van der Waals surface area contributed by atoms with Crippen molar-refractivity contribution in [2.24, 2.45) is 5.73 Å². The van der Waals surface area contributed by atoms with Crippen LogP contribution in [0.25, 0.3) is 0 Å². The average molecular weight is 252 g/mol. The highest BCUT2D eigenvalue weighted by Gasteiger charge is 2.22. The molecule has 1 aromatic rings. The molecule has 0 bridgehead atoms. The van der Waals surface area contributed by atoms with E-state index in [1.54, 1.807) is 24.2 Å². The van der Waals surface area contributed by atoms with Crippen molar-refractivity contribution >= 4 is 11.8 Å². The van der Waals surface area contributed by atoms with E-state index in [4.69, 9.17) is 5.73 Å². The summed E-state index contributed by atoms with van der Waals surface area (Å²) < 4.78 is 0. The number of rotatable bonds is 4. The molecule has 2 N–H and O–H groups in total. The molecule has 1 fully saturated rings. The first-order valence-electron chi connectivity index (χ1n) is 6.13. The Hall–Kier alpha value is -0.650. The van der Waals surface area contributed by atoms with Crippen LogP contribution in [-0.4, -0.2) is 40.3 Å². The van der Waals surface area contributed by atoms with Gasteiger partial charge in [-0.25, -0.2) is 4.98 Å². The summed E-state index contributed by atoms with van der Waals surface area (Å²) in [5, 5.41) is 1.04. The monoisotopic (exact) mass is 252 g/mol. The van der Waals surface area contributed by atoms with E-state index in [0.717, 1.165) is 30.4 Å². The number of piperidine rings is 1. The fourth-order valence-corrected chi connectivity index (χ4v) is 2.88. The third-order valence-electron chi connectivity index (χ3n) is 3.30. The Balaban J connectivity index is 2.08. The maximum atomic E-state index is 5.83. The summed E-state index contributed by atoms with van der Waals surface area (Å²) in [6.45, 7) is 2.76. The van der Waals surface area contributed by atoms with Crippen LogP contribution in [0.3, 0.4) is 0 Å². The average Bonchev–Trinajstić information content (AvgIpc) is 2.40. The van der Waals surface area contributed by atoms with Crippen molar-refractivity contribution in [3.63, 3.8) is 0 Å². The van der Waals surface area contributed by atoms with Crippen LogP contribution in [0.15, 0.2) is 17.4 Å². The Kier molecular flexibility index (Phi) is 4.76. The van der Waals surface area contributed by atoms with Gasteiger partial charge in [-0.05, 0) is 25.6 Å². The van der Waals surface area contributed by atoms with Gasteiger partial charge in [-0.15, -0.1) is 11.8 Å². The molecule has 0 radical (unpaired) electrons. The van der Waals surface area contributed by atoms with Crippen LogP contribution in [0.5, 0.6) is 0 Å². The normalized spacial score (nSPS) is 21.6. The fourth-order valence-electron chi connectivity index (χ4n) is 2.36. The molecule has 1 aliphatic heterocycles. The van der Waals surface area contributed by atoms with Crippen molar-refractivity contribution < 1.29 is 0 Å². The van der Waals surface area contributed by atoms with Gasteiger partial charge in [-0.1, -0.05) is 6.42 Å². The molecule has 0 spiro atoms. The SMILES string of the molecule is CSc1nccnc1CN1CCCC[C@@H]1CN. The van der Waals surface area contributed by atoms with Gasteiger partial charge < -0.3 is 5.73 Å². The van der Waals surface area contributed by atoms with E-state index in [1.807, 2.05) is 6.26 Å². The third kappa shape index (κ3) is 3.18. The lowest BCUT2D eigenvalue weighted by atomic mass is 10.0. The topological polar surface area (TPSA) is 55.0 Å². The van der Waals surface area contributed by atoms with Gasteiger partial charge in [-0.3, -0.25) is 9.88 Å². The van der Waals surface area contributed by atoms with E-state index >= 15 is 0 Å². The van der Waals surface area contributed by atoms with Crippen LogP contribution in [0.1, 0.15) is 25.0 Å². The van der Waals surface area contributed by atoms with Crippen molar-refractivity contribution in [1.82, 2.24) is 14.9 Å². The summed E-state index contributed by atoms with van der Waals surface area (Å²) in [6, 6.07) is 0.514. The maximum absolute atomic E-state index is 5.83. The molecule has 4 nitrogen and oxygen atoms in total. The second kappa shape index (κ2) is 6.33. The van der Waals surface area contributed by atoms with Gasteiger partial charge >= 0.3 is 0 Å². The highest BCUT2D eigenvalue weighted by molar-refractivity contribution is 7.98. The van der Waals surface area contributed by atoms with Crippen LogP contribution in [0, 0.1) is 0 Å². The van der Waals surface area contributed by atoms with E-state index in [2.05, 4.69) is 14.9 Å². The molecular formula is C12H20N4S. The zero-order chi connectivity index (χ0) is 12.1. The lowest BCUT2D eigenvalue weighted by Gasteiger charge is -2.34. The Bertz CT molecular complexity index is 358. The number of aromatic nitrogens is 2. The number of nitrogens with zero attached hydrogens (tertiary/aromatic N) is 3. The van der Waals surface area contributed by atoms with E-state index in [9.17, 15) is 0 Å². The molecule has 94 valence electrons. The van der Waals surface area contributed by atoms with E-state index in [-0.39, 0.29) is 0 Å². The minimum Gasteiger partial charge on any atom is -0.329 e. The molecule has 2 rings (SSSR count). The molecule has 2 heterocycles. The highest BCUT2D eigenvalue weighted by Crippen LogP contribution is 2.21. The molecule has 1 saturated heterocycles. The first kappa shape index (κ1) is 12.8. The molecule has 0 amide bonds. The van der Waals surface area contributed by atoms with Gasteiger partial charge in [0.2, 0.25) is 0 Å². The van der Waals surface area contributed by atoms with Gasteiger partial charge in [0, 0.05) is 31.5 Å². The molecule has 1 aromatic heterocycles. The number of nitrogens with two attached hydrogens (primary N) is 1. The molecule has 17 heavy (non-hydrogen) atoms. The summed E-state index contributed by atoms with van der Waals surface area (Å²) in [5.74, 6) is 0. The Labute approximate surface area is 107 Å². The van der Waals surface area contributed by atoms with Gasteiger partial charge in [0.05, 0.1) is 5.69 Å². The first-order chi connectivity index (χ1) is 8.35. The van der Waals surface area contributed by atoms with Crippen molar-refractivity contribution in [3.8, 4) is 0 Å². The summed E-state index contributed by atoms with van der Waals surface area (Å²) in [6.07, 6.45) is 9.36. The summed E-state index contributed by atoms with van der Waals surface area (Å²) >= 11 is 1.66. The lowest BCUT2D eigenvalue weighted by molar-refractivity contribution is 0.141. The van der Waals surface area contributed by atoms with Crippen LogP contribution in [0.4, 0.5) is 0 Å². The number of likely N-dealkylation sites (tertiary alicyclic amines) is 1. The van der Waals surface area contributed by atoms with Gasteiger partial charge in [0.15, 0.2) is 0 Å². The predicted octanol–water partition coefficient (Wildman–Crippen LogP) is 1.51. The molecule has 1 atom stereocenters. The molecular weight excluding hydrogens is 232 g/mol. The zero-order valence-electron chi connectivity index (χ0n) is 10.3. The van der Waals surface area contributed by atoms with E-state index in [1.165, 1.54) is 19.3 Å². The quantitative estimate of drug-likeness (QED) is 0.823. The highest BCUT2D eigenvalue weighted by atomic mass is 32.2. The van der Waals surface area contributed by atoms with Crippen LogP contribution >= 0.6 is 11.8 Å². The largest absolute Gasteiger partial charge is 0.329 e. The zero-order valence-corrected chi connectivity index (χ0v) is 11.1. The summed E-state index contributed by atoms with van der Waals surface area (Å²) in [5.41, 5.74) is 6.92. The van der Waals surface area contributed by atoms with Crippen LogP contribution < -0.4 is 5.73 Å². The minimum absolute atomic E-state index is 0.514. The predicted molar refractivity (Wildman–Crippen MR) is 70.9 cm³/mol. The standard InChI is InChI=1S/C12H20N4S/c1-17-12-11(14-5-6-15-12)9-16-7-3-2-4-10(16)8-13/h5-6,10H,2-4,7-9,13H2,1H3/t10-/m1/s1. The molecule has 0 saturated carbocycles. The molecule has 0 aliphatic carbocycles. The second-order valence-electron chi connectivity index (χ2n) is 4.37. The molecule has 1 aliphatic rings. The second-order valence-corrected chi connectivity index (χ2v) is 5.16. The molecule has 0 aromatic carbocycles. The van der Waals surface area contributed by atoms with Crippen LogP contribution in [-0.2, 0) is 6.54 Å². The van der Waals surface area contributed by atoms with Crippen molar-refractivity contribution in [2.45, 2.75) is 36.9 Å². The molecule has 5 heteroatoms. The van der Waals surface area contributed by atoms with Gasteiger partial charge in [0.25, 0.3) is 0 Å². The van der Waals surface area contributed by atoms with Crippen molar-refractivity contribution in [2.75, 3.05) is 19.3 Å². The minimum atomic E-state index is 0.514. The number of thioether (sulfide) groups is 1. The molecule has 0 unspecified atom stereocenters. The third-order valence-corrected chi connectivity index (χ3v) is 4.03. The number of hydrogen-bond acceptors (Lipinski definition) is 5. The fraction of sp³-hybridized carbons (Fsp3) is 0.667. The Morgan fingerprint density at radius 3 is 3.00 bits per heavy atom. The van der Waals surface area contributed by atoms with Crippen molar-refractivity contribution in [1.29, 1.82) is 0 Å². The smallest absolute Gasteiger partial charge is 0.119 e. The lowest BCUT2D eigenvalue weighted by Crippen LogP contribution is -2.43. The van der Waals surface area contributed by atoms with Gasteiger partial charge in [-0.2, -0.15) is 0 Å². The summed E-state index contributed by atoms with van der Waals surface area (Å²) in [7, 11) is 0. The first-order valence-corrected chi connectivity index (χ1v) is 7.35.